The Morgan fingerprint density at radius 1 is 1.07 bits per heavy atom. The van der Waals surface area contributed by atoms with Crippen molar-refractivity contribution in [2.24, 2.45) is 5.92 Å². The molecule has 0 radical (unpaired) electrons. The first-order valence-corrected chi connectivity index (χ1v) is 10.3. The Labute approximate surface area is 171 Å². The molecule has 4 rings (SSSR count). The molecule has 7 heteroatoms. The van der Waals surface area contributed by atoms with Crippen LogP contribution in [0.5, 0.6) is 0 Å². The molecule has 0 aliphatic carbocycles. The van der Waals surface area contributed by atoms with E-state index in [-0.39, 0.29) is 17.7 Å². The SMILES string of the molecule is O=C1CCC(C(=O)N2CCN(c3cnccn3)CC2)CN1CCc1ccccc1. The summed E-state index contributed by atoms with van der Waals surface area (Å²) in [7, 11) is 0. The Balaban J connectivity index is 1.30. The van der Waals surface area contributed by atoms with Crippen molar-refractivity contribution in [1.82, 2.24) is 19.8 Å². The molecule has 1 unspecified atom stereocenters. The first-order chi connectivity index (χ1) is 14.2. The zero-order valence-corrected chi connectivity index (χ0v) is 16.6. The van der Waals surface area contributed by atoms with Crippen molar-refractivity contribution in [3.05, 3.63) is 54.5 Å². The van der Waals surface area contributed by atoms with Gasteiger partial charge < -0.3 is 14.7 Å². The van der Waals surface area contributed by atoms with Gasteiger partial charge in [-0.1, -0.05) is 30.3 Å². The number of nitrogens with zero attached hydrogens (tertiary/aromatic N) is 5. The van der Waals surface area contributed by atoms with Gasteiger partial charge in [0, 0.05) is 58.1 Å². The summed E-state index contributed by atoms with van der Waals surface area (Å²) < 4.78 is 0. The number of amides is 2. The van der Waals surface area contributed by atoms with E-state index in [1.165, 1.54) is 5.56 Å². The maximum atomic E-state index is 13.1. The van der Waals surface area contributed by atoms with E-state index >= 15 is 0 Å². The normalized spacial score (nSPS) is 20.1. The minimum absolute atomic E-state index is 0.0912. The van der Waals surface area contributed by atoms with Crippen LogP contribution in [0.15, 0.2) is 48.9 Å². The van der Waals surface area contributed by atoms with Crippen LogP contribution in [0.25, 0.3) is 0 Å². The number of benzene rings is 1. The molecule has 2 fully saturated rings. The molecule has 7 nitrogen and oxygen atoms in total. The van der Waals surface area contributed by atoms with Crippen LogP contribution in [0.2, 0.25) is 0 Å². The van der Waals surface area contributed by atoms with Crippen LogP contribution in [-0.2, 0) is 16.0 Å². The maximum absolute atomic E-state index is 13.1. The predicted octanol–water partition coefficient (Wildman–Crippen LogP) is 1.61. The molecule has 29 heavy (non-hydrogen) atoms. The van der Waals surface area contributed by atoms with E-state index in [2.05, 4.69) is 27.0 Å². The quantitative estimate of drug-likeness (QED) is 0.772. The lowest BCUT2D eigenvalue weighted by Crippen LogP contribution is -2.53. The van der Waals surface area contributed by atoms with Crippen molar-refractivity contribution in [3.63, 3.8) is 0 Å². The number of carbonyl (C=O) groups is 2. The van der Waals surface area contributed by atoms with E-state index in [0.717, 1.165) is 25.3 Å². The molecule has 1 aromatic carbocycles. The number of hydrogen-bond donors (Lipinski definition) is 0. The highest BCUT2D eigenvalue weighted by Crippen LogP contribution is 2.22. The first-order valence-electron chi connectivity index (χ1n) is 10.3. The molecule has 2 amide bonds. The summed E-state index contributed by atoms with van der Waals surface area (Å²) in [5, 5.41) is 0. The standard InChI is InChI=1S/C22H27N5O2/c28-21-7-6-19(17-27(21)11-8-18-4-2-1-3-5-18)22(29)26-14-12-25(13-15-26)20-16-23-9-10-24-20/h1-5,9-10,16,19H,6-8,11-15,17H2. The van der Waals surface area contributed by atoms with Crippen LogP contribution >= 0.6 is 0 Å². The van der Waals surface area contributed by atoms with Gasteiger partial charge in [0.2, 0.25) is 11.8 Å². The molecule has 152 valence electrons. The van der Waals surface area contributed by atoms with Crippen molar-refractivity contribution in [1.29, 1.82) is 0 Å². The second kappa shape index (κ2) is 9.03. The third-order valence-corrected chi connectivity index (χ3v) is 5.83. The lowest BCUT2D eigenvalue weighted by molar-refractivity contribution is -0.143. The number of anilines is 1. The highest BCUT2D eigenvalue weighted by atomic mass is 16.2. The van der Waals surface area contributed by atoms with Gasteiger partial charge in [0.15, 0.2) is 0 Å². The third kappa shape index (κ3) is 4.72. The number of likely N-dealkylation sites (tertiary alicyclic amines) is 1. The number of rotatable bonds is 5. The van der Waals surface area contributed by atoms with E-state index in [9.17, 15) is 9.59 Å². The van der Waals surface area contributed by atoms with Gasteiger partial charge in [-0.3, -0.25) is 14.6 Å². The van der Waals surface area contributed by atoms with Gasteiger partial charge in [-0.25, -0.2) is 4.98 Å². The van der Waals surface area contributed by atoms with Crippen molar-refractivity contribution < 1.29 is 9.59 Å². The maximum Gasteiger partial charge on any atom is 0.227 e. The van der Waals surface area contributed by atoms with E-state index in [4.69, 9.17) is 0 Å². The Morgan fingerprint density at radius 3 is 2.59 bits per heavy atom. The summed E-state index contributed by atoms with van der Waals surface area (Å²) in [4.78, 5) is 39.8. The Bertz CT molecular complexity index is 822. The van der Waals surface area contributed by atoms with E-state index in [1.54, 1.807) is 18.6 Å². The van der Waals surface area contributed by atoms with Crippen molar-refractivity contribution in [3.8, 4) is 0 Å². The Hall–Kier alpha value is -2.96. The average molecular weight is 393 g/mol. The zero-order chi connectivity index (χ0) is 20.1. The molecule has 2 aliphatic rings. The van der Waals surface area contributed by atoms with Crippen LogP contribution in [0.4, 0.5) is 5.82 Å². The highest BCUT2D eigenvalue weighted by Gasteiger charge is 2.33. The number of piperazine rings is 1. The molecular weight excluding hydrogens is 366 g/mol. The van der Waals surface area contributed by atoms with Crippen molar-refractivity contribution in [2.75, 3.05) is 44.2 Å². The summed E-state index contributed by atoms with van der Waals surface area (Å²) in [6, 6.07) is 10.2. The number of piperidine rings is 1. The minimum Gasteiger partial charge on any atom is -0.352 e. The van der Waals surface area contributed by atoms with Gasteiger partial charge in [0.05, 0.1) is 12.1 Å². The molecule has 0 saturated carbocycles. The topological polar surface area (TPSA) is 69.6 Å². The summed E-state index contributed by atoms with van der Waals surface area (Å²) in [5.41, 5.74) is 1.22. The third-order valence-electron chi connectivity index (χ3n) is 5.83. The molecule has 0 bridgehead atoms. The number of hydrogen-bond acceptors (Lipinski definition) is 5. The second-order valence-electron chi connectivity index (χ2n) is 7.69. The highest BCUT2D eigenvalue weighted by molar-refractivity contribution is 5.84. The minimum atomic E-state index is -0.0912. The Morgan fingerprint density at radius 2 is 1.86 bits per heavy atom. The molecular formula is C22H27N5O2. The first kappa shape index (κ1) is 19.4. The molecule has 0 N–H and O–H groups in total. The fourth-order valence-corrected chi connectivity index (χ4v) is 4.11. The lowest BCUT2D eigenvalue weighted by Gasteiger charge is -2.39. The van der Waals surface area contributed by atoms with Crippen LogP contribution in [0.3, 0.4) is 0 Å². The van der Waals surface area contributed by atoms with Gasteiger partial charge in [0.25, 0.3) is 0 Å². The molecule has 2 aromatic rings. The smallest absolute Gasteiger partial charge is 0.227 e. The van der Waals surface area contributed by atoms with Crippen LogP contribution in [0.1, 0.15) is 18.4 Å². The van der Waals surface area contributed by atoms with Gasteiger partial charge in [0.1, 0.15) is 5.82 Å². The largest absolute Gasteiger partial charge is 0.352 e. The van der Waals surface area contributed by atoms with Gasteiger partial charge in [-0.2, -0.15) is 0 Å². The summed E-state index contributed by atoms with van der Waals surface area (Å²) in [6.07, 6.45) is 7.06. The monoisotopic (exact) mass is 393 g/mol. The number of carbonyl (C=O) groups excluding carboxylic acids is 2. The number of aromatic nitrogens is 2. The average Bonchev–Trinajstić information content (AvgIpc) is 2.79. The van der Waals surface area contributed by atoms with Crippen molar-refractivity contribution in [2.45, 2.75) is 19.3 Å². The molecule has 1 aromatic heterocycles. The van der Waals surface area contributed by atoms with Crippen molar-refractivity contribution >= 4 is 17.6 Å². The fraction of sp³-hybridized carbons (Fsp3) is 0.455. The van der Waals surface area contributed by atoms with Crippen LogP contribution < -0.4 is 4.90 Å². The lowest BCUT2D eigenvalue weighted by atomic mass is 9.95. The Kier molecular flexibility index (Phi) is 6.03. The molecule has 0 spiro atoms. The van der Waals surface area contributed by atoms with E-state index in [1.807, 2.05) is 28.0 Å². The molecule has 1 atom stereocenters. The summed E-state index contributed by atoms with van der Waals surface area (Å²) in [5.74, 6) is 1.11. The van der Waals surface area contributed by atoms with Crippen LogP contribution in [0, 0.1) is 5.92 Å². The van der Waals surface area contributed by atoms with E-state index in [0.29, 0.717) is 39.0 Å². The van der Waals surface area contributed by atoms with Gasteiger partial charge >= 0.3 is 0 Å². The van der Waals surface area contributed by atoms with E-state index < -0.39 is 0 Å². The molecule has 2 saturated heterocycles. The van der Waals surface area contributed by atoms with Gasteiger partial charge in [-0.15, -0.1) is 0 Å². The predicted molar refractivity (Wildman–Crippen MR) is 110 cm³/mol. The van der Waals surface area contributed by atoms with Gasteiger partial charge in [-0.05, 0) is 18.4 Å². The zero-order valence-electron chi connectivity index (χ0n) is 16.6. The van der Waals surface area contributed by atoms with Crippen LogP contribution in [-0.4, -0.2) is 70.9 Å². The fourth-order valence-electron chi connectivity index (χ4n) is 4.11. The second-order valence-corrected chi connectivity index (χ2v) is 7.69. The molecule has 3 heterocycles. The molecule has 2 aliphatic heterocycles. The summed E-state index contributed by atoms with van der Waals surface area (Å²) >= 11 is 0. The summed E-state index contributed by atoms with van der Waals surface area (Å²) in [6.45, 7) is 4.09.